The molecule has 1 unspecified atom stereocenters. The minimum Gasteiger partial charge on any atom is -0.294 e. The van der Waals surface area contributed by atoms with Crippen LogP contribution in [0.1, 0.15) is 33.9 Å². The van der Waals surface area contributed by atoms with Gasteiger partial charge < -0.3 is 0 Å². The van der Waals surface area contributed by atoms with Crippen LogP contribution in [-0.4, -0.2) is 30.7 Å². The Morgan fingerprint density at radius 1 is 1.60 bits per heavy atom. The van der Waals surface area contributed by atoms with Crippen LogP contribution in [0.4, 0.5) is 0 Å². The maximum absolute atomic E-state index is 11.3. The molecule has 1 atom stereocenters. The van der Waals surface area contributed by atoms with E-state index in [9.17, 15) is 13.2 Å². The summed E-state index contributed by atoms with van der Waals surface area (Å²) in [6, 6.07) is 0. The summed E-state index contributed by atoms with van der Waals surface area (Å²) in [6.45, 7) is 1.49. The lowest BCUT2D eigenvalue weighted by molar-refractivity contribution is 0.102. The number of aromatic nitrogens is 1. The molecular formula is C9H11NO3S2. The Morgan fingerprint density at radius 3 is 2.80 bits per heavy atom. The molecule has 82 valence electrons. The van der Waals surface area contributed by atoms with Gasteiger partial charge in [-0.05, 0) is 6.42 Å². The van der Waals surface area contributed by atoms with Crippen LogP contribution in [0.3, 0.4) is 0 Å². The number of rotatable bonds is 2. The Bertz CT molecular complexity index is 489. The van der Waals surface area contributed by atoms with Gasteiger partial charge in [0.1, 0.15) is 0 Å². The zero-order valence-corrected chi connectivity index (χ0v) is 9.90. The molecule has 1 aliphatic heterocycles. The number of carbonyl (C=O) groups excluding carboxylic acids is 1. The van der Waals surface area contributed by atoms with Crippen LogP contribution >= 0.6 is 11.3 Å². The van der Waals surface area contributed by atoms with Gasteiger partial charge in [-0.1, -0.05) is 0 Å². The van der Waals surface area contributed by atoms with Gasteiger partial charge in [-0.25, -0.2) is 13.4 Å². The third kappa shape index (κ3) is 2.26. The molecule has 0 N–H and O–H groups in total. The molecule has 1 aromatic heterocycles. The second kappa shape index (κ2) is 3.68. The van der Waals surface area contributed by atoms with Gasteiger partial charge in [0.15, 0.2) is 15.6 Å². The second-order valence-electron chi connectivity index (χ2n) is 3.72. The highest BCUT2D eigenvalue weighted by Crippen LogP contribution is 2.31. The second-order valence-corrected chi connectivity index (χ2v) is 7.01. The average molecular weight is 245 g/mol. The number of sulfone groups is 1. The van der Waals surface area contributed by atoms with Crippen LogP contribution < -0.4 is 0 Å². The van der Waals surface area contributed by atoms with Crippen molar-refractivity contribution >= 4 is 27.0 Å². The number of ketones is 1. The van der Waals surface area contributed by atoms with E-state index in [1.807, 2.05) is 0 Å². The Hall–Kier alpha value is -0.750. The van der Waals surface area contributed by atoms with E-state index < -0.39 is 9.84 Å². The van der Waals surface area contributed by atoms with E-state index in [4.69, 9.17) is 0 Å². The maximum Gasteiger partial charge on any atom is 0.171 e. The first kappa shape index (κ1) is 10.8. The molecule has 0 saturated carbocycles. The van der Waals surface area contributed by atoms with Gasteiger partial charge in [0, 0.05) is 19.0 Å². The zero-order chi connectivity index (χ0) is 11.1. The van der Waals surface area contributed by atoms with Gasteiger partial charge >= 0.3 is 0 Å². The lowest BCUT2D eigenvalue weighted by Crippen LogP contribution is -2.03. The van der Waals surface area contributed by atoms with E-state index in [1.54, 1.807) is 0 Å². The minimum absolute atomic E-state index is 0.00639. The number of Topliss-reactive ketones (excluding diaryl/α,β-unsaturated/α-hetero) is 1. The standard InChI is InChI=1S/C9H11NO3S2/c1-6(11)8-4-10-9(14-8)7-2-3-15(12,13)5-7/h4,7H,2-3,5H2,1H3. The van der Waals surface area contributed by atoms with Crippen molar-refractivity contribution in [2.24, 2.45) is 0 Å². The van der Waals surface area contributed by atoms with E-state index >= 15 is 0 Å². The van der Waals surface area contributed by atoms with E-state index in [0.29, 0.717) is 11.3 Å². The number of thiazole rings is 1. The van der Waals surface area contributed by atoms with Crippen molar-refractivity contribution in [2.75, 3.05) is 11.5 Å². The smallest absolute Gasteiger partial charge is 0.171 e. The van der Waals surface area contributed by atoms with Crippen molar-refractivity contribution in [1.82, 2.24) is 4.98 Å². The molecule has 6 heteroatoms. The summed E-state index contributed by atoms with van der Waals surface area (Å²) < 4.78 is 22.5. The van der Waals surface area contributed by atoms with Gasteiger partial charge in [0.25, 0.3) is 0 Å². The molecule has 2 heterocycles. The highest BCUT2D eigenvalue weighted by Gasteiger charge is 2.31. The van der Waals surface area contributed by atoms with Crippen molar-refractivity contribution in [3.63, 3.8) is 0 Å². The Morgan fingerprint density at radius 2 is 2.33 bits per heavy atom. The molecule has 1 saturated heterocycles. The lowest BCUT2D eigenvalue weighted by atomic mass is 10.1. The Balaban J connectivity index is 2.21. The summed E-state index contributed by atoms with van der Waals surface area (Å²) in [5.74, 6) is 0.400. The quantitative estimate of drug-likeness (QED) is 0.735. The largest absolute Gasteiger partial charge is 0.294 e. The van der Waals surface area contributed by atoms with E-state index in [2.05, 4.69) is 4.98 Å². The highest BCUT2D eigenvalue weighted by molar-refractivity contribution is 7.91. The summed E-state index contributed by atoms with van der Waals surface area (Å²) >= 11 is 1.31. The Labute approximate surface area is 92.3 Å². The van der Waals surface area contributed by atoms with Crippen molar-refractivity contribution in [3.8, 4) is 0 Å². The van der Waals surface area contributed by atoms with Crippen molar-refractivity contribution in [1.29, 1.82) is 0 Å². The average Bonchev–Trinajstić information content (AvgIpc) is 2.70. The van der Waals surface area contributed by atoms with Crippen LogP contribution in [0.5, 0.6) is 0 Å². The van der Waals surface area contributed by atoms with Crippen LogP contribution in [0.15, 0.2) is 6.20 Å². The third-order valence-corrected chi connectivity index (χ3v) is 5.48. The van der Waals surface area contributed by atoms with Crippen LogP contribution in [0.2, 0.25) is 0 Å². The zero-order valence-electron chi connectivity index (χ0n) is 8.26. The van der Waals surface area contributed by atoms with Crippen LogP contribution in [0, 0.1) is 0 Å². The van der Waals surface area contributed by atoms with Crippen LogP contribution in [-0.2, 0) is 9.84 Å². The summed E-state index contributed by atoms with van der Waals surface area (Å²) in [7, 11) is -2.87. The molecule has 0 bridgehead atoms. The minimum atomic E-state index is -2.87. The summed E-state index contributed by atoms with van der Waals surface area (Å²) in [5, 5.41) is 0.779. The molecule has 0 amide bonds. The third-order valence-electron chi connectivity index (χ3n) is 2.45. The van der Waals surface area contributed by atoms with Crippen molar-refractivity contribution in [2.45, 2.75) is 19.3 Å². The SMILES string of the molecule is CC(=O)c1cnc(C2CCS(=O)(=O)C2)s1. The number of hydrogen-bond donors (Lipinski definition) is 0. The maximum atomic E-state index is 11.3. The van der Waals surface area contributed by atoms with Crippen LogP contribution in [0.25, 0.3) is 0 Å². The first-order valence-electron chi connectivity index (χ1n) is 4.65. The fourth-order valence-electron chi connectivity index (χ4n) is 1.63. The normalized spacial score (nSPS) is 24.2. The molecule has 1 fully saturated rings. The molecule has 1 aromatic rings. The number of nitrogens with zero attached hydrogens (tertiary/aromatic N) is 1. The van der Waals surface area contributed by atoms with Crippen molar-refractivity contribution in [3.05, 3.63) is 16.1 Å². The Kier molecular flexibility index (Phi) is 2.64. The first-order valence-corrected chi connectivity index (χ1v) is 7.29. The predicted molar refractivity (Wildman–Crippen MR) is 58.1 cm³/mol. The van der Waals surface area contributed by atoms with Gasteiger partial charge in [-0.15, -0.1) is 11.3 Å². The molecule has 2 rings (SSSR count). The topological polar surface area (TPSA) is 64.1 Å². The fraction of sp³-hybridized carbons (Fsp3) is 0.556. The van der Waals surface area contributed by atoms with Gasteiger partial charge in [-0.2, -0.15) is 0 Å². The van der Waals surface area contributed by atoms with Gasteiger partial charge in [0.2, 0.25) is 0 Å². The molecule has 0 aliphatic carbocycles. The van der Waals surface area contributed by atoms with E-state index in [-0.39, 0.29) is 23.2 Å². The summed E-state index contributed by atoms with van der Waals surface area (Å²) in [5.41, 5.74) is 0. The molecule has 4 nitrogen and oxygen atoms in total. The predicted octanol–water partition coefficient (Wildman–Crippen LogP) is 1.25. The number of carbonyl (C=O) groups is 1. The number of hydrogen-bond acceptors (Lipinski definition) is 5. The molecule has 0 aromatic carbocycles. The first-order chi connectivity index (χ1) is 6.98. The molecule has 0 radical (unpaired) electrons. The lowest BCUT2D eigenvalue weighted by Gasteiger charge is -2.00. The molecular weight excluding hydrogens is 234 g/mol. The fourth-order valence-corrected chi connectivity index (χ4v) is 4.43. The van der Waals surface area contributed by atoms with Gasteiger partial charge in [0.05, 0.1) is 21.4 Å². The summed E-state index contributed by atoms with van der Waals surface area (Å²) in [6.07, 6.45) is 2.17. The molecule has 15 heavy (non-hydrogen) atoms. The monoisotopic (exact) mass is 245 g/mol. The summed E-state index contributed by atoms with van der Waals surface area (Å²) in [4.78, 5) is 15.8. The van der Waals surface area contributed by atoms with E-state index in [1.165, 1.54) is 24.5 Å². The van der Waals surface area contributed by atoms with Gasteiger partial charge in [-0.3, -0.25) is 4.79 Å². The molecule has 1 aliphatic rings. The van der Waals surface area contributed by atoms with E-state index in [0.717, 1.165) is 5.01 Å². The highest BCUT2D eigenvalue weighted by atomic mass is 32.2. The van der Waals surface area contributed by atoms with Crippen molar-refractivity contribution < 1.29 is 13.2 Å². The molecule has 0 spiro atoms.